The number of thiazole rings is 1. The summed E-state index contributed by atoms with van der Waals surface area (Å²) in [6.07, 6.45) is 2.40. The molecule has 1 aliphatic rings. The van der Waals surface area contributed by atoms with E-state index in [1.807, 2.05) is 25.1 Å². The molecule has 1 amide bonds. The number of nitrogens with zero attached hydrogens (tertiary/aromatic N) is 2. The molecule has 0 spiro atoms. The number of methoxy groups -OCH3 is 1. The number of ether oxygens (including phenoxy) is 1. The maximum Gasteiger partial charge on any atom is 0.263 e. The second-order valence-corrected chi connectivity index (χ2v) is 8.36. The van der Waals surface area contributed by atoms with Gasteiger partial charge >= 0.3 is 0 Å². The number of aromatic nitrogens is 1. The summed E-state index contributed by atoms with van der Waals surface area (Å²) >= 11 is 1.50. The van der Waals surface area contributed by atoms with Gasteiger partial charge in [-0.3, -0.25) is 9.69 Å². The Labute approximate surface area is 165 Å². The van der Waals surface area contributed by atoms with Crippen molar-refractivity contribution < 1.29 is 9.53 Å². The van der Waals surface area contributed by atoms with E-state index in [0.29, 0.717) is 12.5 Å². The molecule has 6 heteroatoms. The molecule has 5 nitrogen and oxygen atoms in total. The van der Waals surface area contributed by atoms with Crippen LogP contribution in [0.15, 0.2) is 24.3 Å². The summed E-state index contributed by atoms with van der Waals surface area (Å²) in [7, 11) is 1.70. The van der Waals surface area contributed by atoms with E-state index in [0.717, 1.165) is 40.0 Å². The van der Waals surface area contributed by atoms with Crippen molar-refractivity contribution in [3.63, 3.8) is 0 Å². The standard InChI is InChI=1S/C21H29N3O2S/c1-14(2)21-23-15(3)19(27-21)20(25)22-13-17(24-11-7-8-12-24)16-9-5-6-10-18(16)26-4/h5-6,9-10,14,17H,7-8,11-13H2,1-4H3,(H,22,25). The van der Waals surface area contributed by atoms with Crippen molar-refractivity contribution in [1.29, 1.82) is 0 Å². The van der Waals surface area contributed by atoms with Crippen molar-refractivity contribution in [2.75, 3.05) is 26.7 Å². The zero-order valence-electron chi connectivity index (χ0n) is 16.6. The normalized spacial score (nSPS) is 15.9. The van der Waals surface area contributed by atoms with Gasteiger partial charge in [0.2, 0.25) is 0 Å². The van der Waals surface area contributed by atoms with E-state index in [9.17, 15) is 4.79 Å². The van der Waals surface area contributed by atoms with Gasteiger partial charge < -0.3 is 10.1 Å². The molecule has 0 saturated carbocycles. The molecule has 1 unspecified atom stereocenters. The van der Waals surface area contributed by atoms with Crippen LogP contribution in [-0.2, 0) is 0 Å². The SMILES string of the molecule is COc1ccccc1C(CNC(=O)c1sc(C(C)C)nc1C)N1CCCC1. The molecule has 1 atom stereocenters. The molecule has 1 saturated heterocycles. The fourth-order valence-corrected chi connectivity index (χ4v) is 4.56. The van der Waals surface area contributed by atoms with Crippen molar-refractivity contribution in [3.8, 4) is 5.75 Å². The van der Waals surface area contributed by atoms with Gasteiger partial charge in [0.1, 0.15) is 10.6 Å². The van der Waals surface area contributed by atoms with E-state index in [-0.39, 0.29) is 11.9 Å². The van der Waals surface area contributed by atoms with Crippen molar-refractivity contribution >= 4 is 17.2 Å². The summed E-state index contributed by atoms with van der Waals surface area (Å²) in [6, 6.07) is 8.22. The van der Waals surface area contributed by atoms with E-state index < -0.39 is 0 Å². The second kappa shape index (κ2) is 8.85. The van der Waals surface area contributed by atoms with Crippen LogP contribution in [0.5, 0.6) is 5.75 Å². The zero-order valence-corrected chi connectivity index (χ0v) is 17.4. The molecule has 0 radical (unpaired) electrons. The van der Waals surface area contributed by atoms with Gasteiger partial charge in [0.05, 0.1) is 23.9 Å². The molecule has 0 aliphatic carbocycles. The quantitative estimate of drug-likeness (QED) is 0.775. The summed E-state index contributed by atoms with van der Waals surface area (Å²) < 4.78 is 5.58. The Morgan fingerprint density at radius 2 is 2.00 bits per heavy atom. The van der Waals surface area contributed by atoms with E-state index >= 15 is 0 Å². The Balaban J connectivity index is 1.78. The predicted molar refractivity (Wildman–Crippen MR) is 110 cm³/mol. The van der Waals surface area contributed by atoms with Crippen molar-refractivity contribution in [3.05, 3.63) is 45.4 Å². The van der Waals surface area contributed by atoms with Crippen LogP contribution in [0.4, 0.5) is 0 Å². The van der Waals surface area contributed by atoms with E-state index in [4.69, 9.17) is 4.74 Å². The largest absolute Gasteiger partial charge is 0.496 e. The number of carbonyl (C=O) groups excluding carboxylic acids is 1. The number of amides is 1. The van der Waals surface area contributed by atoms with E-state index in [1.165, 1.54) is 24.2 Å². The molecule has 1 aromatic carbocycles. The summed E-state index contributed by atoms with van der Waals surface area (Å²) in [4.78, 5) is 20.5. The third kappa shape index (κ3) is 4.50. The van der Waals surface area contributed by atoms with Crippen LogP contribution in [0.1, 0.15) is 64.6 Å². The molecule has 0 bridgehead atoms. The Hall–Kier alpha value is -1.92. The summed E-state index contributed by atoms with van der Waals surface area (Å²) in [6.45, 7) is 8.78. The average Bonchev–Trinajstić information content (AvgIpc) is 3.32. The van der Waals surface area contributed by atoms with Crippen LogP contribution in [0, 0.1) is 6.92 Å². The number of aryl methyl sites for hydroxylation is 1. The minimum Gasteiger partial charge on any atom is -0.496 e. The number of nitrogens with one attached hydrogen (secondary N) is 1. The molecule has 2 heterocycles. The molecule has 1 aromatic heterocycles. The summed E-state index contributed by atoms with van der Waals surface area (Å²) in [5, 5.41) is 4.17. The van der Waals surface area contributed by atoms with Crippen LogP contribution in [0.2, 0.25) is 0 Å². The average molecular weight is 388 g/mol. The molecule has 3 rings (SSSR count). The molecular formula is C21H29N3O2S. The first-order valence-corrected chi connectivity index (χ1v) is 10.5. The van der Waals surface area contributed by atoms with Gasteiger partial charge in [-0.2, -0.15) is 0 Å². The third-order valence-corrected chi connectivity index (χ3v) is 6.51. The molecule has 1 aliphatic heterocycles. The number of hydrogen-bond acceptors (Lipinski definition) is 5. The van der Waals surface area contributed by atoms with Gasteiger partial charge in [0.15, 0.2) is 0 Å². The highest BCUT2D eigenvalue weighted by Gasteiger charge is 2.27. The van der Waals surface area contributed by atoms with E-state index in [1.54, 1.807) is 7.11 Å². The third-order valence-electron chi connectivity index (χ3n) is 5.05. The number of carbonyl (C=O) groups is 1. The summed E-state index contributed by atoms with van der Waals surface area (Å²) in [5.74, 6) is 1.18. The van der Waals surface area contributed by atoms with Crippen LogP contribution < -0.4 is 10.1 Å². The highest BCUT2D eigenvalue weighted by Crippen LogP contribution is 2.31. The minimum atomic E-state index is -0.0315. The molecule has 146 valence electrons. The van der Waals surface area contributed by atoms with Gasteiger partial charge in [-0.05, 0) is 38.9 Å². The van der Waals surface area contributed by atoms with Gasteiger partial charge in [-0.25, -0.2) is 4.98 Å². The first kappa shape index (κ1) is 19.8. The van der Waals surface area contributed by atoms with Gasteiger partial charge in [0, 0.05) is 18.0 Å². The zero-order chi connectivity index (χ0) is 19.4. The predicted octanol–water partition coefficient (Wildman–Crippen LogP) is 4.15. The smallest absolute Gasteiger partial charge is 0.263 e. The maximum atomic E-state index is 12.8. The van der Waals surface area contributed by atoms with Gasteiger partial charge in [-0.15, -0.1) is 11.3 Å². The lowest BCUT2D eigenvalue weighted by molar-refractivity contribution is 0.0940. The maximum absolute atomic E-state index is 12.8. The highest BCUT2D eigenvalue weighted by molar-refractivity contribution is 7.13. The Kier molecular flexibility index (Phi) is 6.50. The lowest BCUT2D eigenvalue weighted by Gasteiger charge is -2.29. The Bertz CT molecular complexity index is 781. The molecule has 27 heavy (non-hydrogen) atoms. The molecular weight excluding hydrogens is 358 g/mol. The second-order valence-electron chi connectivity index (χ2n) is 7.33. The van der Waals surface area contributed by atoms with Crippen molar-refractivity contribution in [2.45, 2.75) is 45.6 Å². The first-order chi connectivity index (χ1) is 13.0. The molecule has 2 aromatic rings. The number of rotatable bonds is 7. The van der Waals surface area contributed by atoms with Gasteiger partial charge in [-0.1, -0.05) is 32.0 Å². The van der Waals surface area contributed by atoms with Crippen molar-refractivity contribution in [2.24, 2.45) is 0 Å². The number of hydrogen-bond donors (Lipinski definition) is 1. The van der Waals surface area contributed by atoms with Crippen LogP contribution >= 0.6 is 11.3 Å². The number of likely N-dealkylation sites (tertiary alicyclic amines) is 1. The minimum absolute atomic E-state index is 0.0315. The lowest BCUT2D eigenvalue weighted by Crippen LogP contribution is -2.37. The van der Waals surface area contributed by atoms with E-state index in [2.05, 4.69) is 35.1 Å². The monoisotopic (exact) mass is 387 g/mol. The fraction of sp³-hybridized carbons (Fsp3) is 0.524. The van der Waals surface area contributed by atoms with Crippen LogP contribution in [0.25, 0.3) is 0 Å². The van der Waals surface area contributed by atoms with Gasteiger partial charge in [0.25, 0.3) is 5.91 Å². The topological polar surface area (TPSA) is 54.5 Å². The van der Waals surface area contributed by atoms with Crippen LogP contribution in [0.3, 0.4) is 0 Å². The lowest BCUT2D eigenvalue weighted by atomic mass is 10.0. The number of benzene rings is 1. The molecule has 1 N–H and O–H groups in total. The summed E-state index contributed by atoms with van der Waals surface area (Å²) in [5.41, 5.74) is 1.95. The number of para-hydroxylation sites is 1. The highest BCUT2D eigenvalue weighted by atomic mass is 32.1. The first-order valence-electron chi connectivity index (χ1n) is 9.63. The molecule has 1 fully saturated rings. The fourth-order valence-electron chi connectivity index (χ4n) is 3.58. The Morgan fingerprint density at radius 3 is 2.63 bits per heavy atom. The van der Waals surface area contributed by atoms with Crippen LogP contribution in [-0.4, -0.2) is 42.5 Å². The van der Waals surface area contributed by atoms with Crippen molar-refractivity contribution in [1.82, 2.24) is 15.2 Å². The Morgan fingerprint density at radius 1 is 1.30 bits per heavy atom.